The number of nitrogens with zero attached hydrogens (tertiary/aromatic N) is 1. The number of carbonyl (C=O) groups excluding carboxylic acids is 1. The number of hydrogen-bond donors (Lipinski definition) is 2. The molecule has 0 aliphatic carbocycles. The van der Waals surface area contributed by atoms with E-state index in [-0.39, 0.29) is 32.8 Å². The highest BCUT2D eigenvalue weighted by molar-refractivity contribution is 7.89. The SMILES string of the molecule is C[C@H]1CCCN(S(=O)(=O)c2cc(C(=O)NCCc3ccc(S(N)(=O)=O)cc3)ccc2Cl)C1. The van der Waals surface area contributed by atoms with E-state index in [1.54, 1.807) is 12.1 Å². The van der Waals surface area contributed by atoms with Crippen LogP contribution in [0.3, 0.4) is 0 Å². The Morgan fingerprint density at radius 3 is 2.47 bits per heavy atom. The minimum Gasteiger partial charge on any atom is -0.352 e. The van der Waals surface area contributed by atoms with Gasteiger partial charge in [0.2, 0.25) is 20.0 Å². The molecule has 0 aromatic heterocycles. The Morgan fingerprint density at radius 1 is 1.16 bits per heavy atom. The number of primary sulfonamides is 1. The molecule has 0 spiro atoms. The van der Waals surface area contributed by atoms with Crippen LogP contribution in [0.15, 0.2) is 52.3 Å². The van der Waals surface area contributed by atoms with Gasteiger partial charge >= 0.3 is 0 Å². The molecule has 1 heterocycles. The summed E-state index contributed by atoms with van der Waals surface area (Å²) in [7, 11) is -7.55. The van der Waals surface area contributed by atoms with Crippen LogP contribution in [-0.4, -0.2) is 46.7 Å². The molecule has 8 nitrogen and oxygen atoms in total. The lowest BCUT2D eigenvalue weighted by Crippen LogP contribution is -2.39. The first kappa shape index (κ1) is 24.7. The molecular formula is C21H26ClN3O5S2. The van der Waals surface area contributed by atoms with E-state index >= 15 is 0 Å². The van der Waals surface area contributed by atoms with Gasteiger partial charge < -0.3 is 5.32 Å². The Bertz CT molecular complexity index is 1200. The monoisotopic (exact) mass is 499 g/mol. The number of halogens is 1. The second-order valence-electron chi connectivity index (χ2n) is 7.95. The third-order valence-corrected chi connectivity index (χ3v) is 8.66. The second kappa shape index (κ2) is 9.88. The van der Waals surface area contributed by atoms with Crippen molar-refractivity contribution in [2.75, 3.05) is 19.6 Å². The number of nitrogens with one attached hydrogen (secondary N) is 1. The first-order valence-electron chi connectivity index (χ1n) is 10.2. The van der Waals surface area contributed by atoms with E-state index < -0.39 is 26.0 Å². The highest BCUT2D eigenvalue weighted by atomic mass is 35.5. The van der Waals surface area contributed by atoms with E-state index in [2.05, 4.69) is 5.32 Å². The Hall–Kier alpha value is -1.98. The molecular weight excluding hydrogens is 474 g/mol. The fourth-order valence-corrected chi connectivity index (χ4v) is 6.23. The van der Waals surface area contributed by atoms with Crippen LogP contribution in [0.5, 0.6) is 0 Å². The normalized spacial score (nSPS) is 17.8. The van der Waals surface area contributed by atoms with Crippen LogP contribution in [0.25, 0.3) is 0 Å². The molecule has 1 fully saturated rings. The number of benzene rings is 2. The molecule has 2 aromatic rings. The van der Waals surface area contributed by atoms with Crippen molar-refractivity contribution in [3.63, 3.8) is 0 Å². The number of carbonyl (C=O) groups is 1. The first-order valence-corrected chi connectivity index (χ1v) is 13.5. The standard InChI is InChI=1S/C21H26ClN3O5S2/c1-15-3-2-12-25(14-15)32(29,30)20-13-17(6-9-19(20)22)21(26)24-11-10-16-4-7-18(8-5-16)31(23,27)28/h4-9,13,15H,2-3,10-12,14H2,1H3,(H,24,26)(H2,23,27,28)/t15-/m0/s1. The van der Waals surface area contributed by atoms with E-state index in [0.717, 1.165) is 18.4 Å². The molecule has 1 saturated heterocycles. The number of sulfonamides is 2. The van der Waals surface area contributed by atoms with E-state index in [4.69, 9.17) is 16.7 Å². The van der Waals surface area contributed by atoms with Crippen LogP contribution < -0.4 is 10.5 Å². The molecule has 174 valence electrons. The van der Waals surface area contributed by atoms with Gasteiger partial charge in [-0.25, -0.2) is 22.0 Å². The van der Waals surface area contributed by atoms with Crippen molar-refractivity contribution < 1.29 is 21.6 Å². The van der Waals surface area contributed by atoms with Gasteiger partial charge in [-0.3, -0.25) is 4.79 Å². The number of rotatable bonds is 7. The Kier molecular flexibility index (Phi) is 7.61. The van der Waals surface area contributed by atoms with Crippen LogP contribution in [0.1, 0.15) is 35.7 Å². The summed E-state index contributed by atoms with van der Waals surface area (Å²) in [5.41, 5.74) is 1.01. The summed E-state index contributed by atoms with van der Waals surface area (Å²) in [5.74, 6) is -0.158. The maximum Gasteiger partial charge on any atom is 0.251 e. The van der Waals surface area contributed by atoms with Gasteiger partial charge in [0.05, 0.1) is 9.92 Å². The molecule has 1 aliphatic heterocycles. The summed E-state index contributed by atoms with van der Waals surface area (Å²) in [5, 5.41) is 7.90. The summed E-state index contributed by atoms with van der Waals surface area (Å²) in [6.07, 6.45) is 2.23. The highest BCUT2D eigenvalue weighted by Crippen LogP contribution is 2.29. The molecule has 0 bridgehead atoms. The summed E-state index contributed by atoms with van der Waals surface area (Å²) in [4.78, 5) is 12.5. The zero-order valence-electron chi connectivity index (χ0n) is 17.6. The number of amides is 1. The maximum absolute atomic E-state index is 13.1. The van der Waals surface area contributed by atoms with Crippen LogP contribution >= 0.6 is 11.6 Å². The molecule has 1 atom stereocenters. The predicted molar refractivity (Wildman–Crippen MR) is 122 cm³/mol. The van der Waals surface area contributed by atoms with Gasteiger partial charge in [-0.1, -0.05) is 30.7 Å². The number of piperidine rings is 1. The van der Waals surface area contributed by atoms with Gasteiger partial charge in [0, 0.05) is 25.2 Å². The minimum atomic E-state index is -3.80. The van der Waals surface area contributed by atoms with E-state index in [9.17, 15) is 21.6 Å². The molecule has 32 heavy (non-hydrogen) atoms. The van der Waals surface area contributed by atoms with Crippen molar-refractivity contribution in [3.8, 4) is 0 Å². The molecule has 3 N–H and O–H groups in total. The van der Waals surface area contributed by atoms with Gasteiger partial charge in [0.15, 0.2) is 0 Å². The molecule has 1 amide bonds. The molecule has 0 unspecified atom stereocenters. The average molecular weight is 500 g/mol. The van der Waals surface area contributed by atoms with Gasteiger partial charge in [0.25, 0.3) is 5.91 Å². The predicted octanol–water partition coefficient (Wildman–Crippen LogP) is 2.38. The zero-order valence-corrected chi connectivity index (χ0v) is 20.0. The molecule has 2 aromatic carbocycles. The zero-order chi connectivity index (χ0) is 23.5. The van der Waals surface area contributed by atoms with Gasteiger partial charge in [-0.05, 0) is 61.1 Å². The largest absolute Gasteiger partial charge is 0.352 e. The fraction of sp³-hybridized carbons (Fsp3) is 0.381. The number of hydrogen-bond acceptors (Lipinski definition) is 5. The van der Waals surface area contributed by atoms with Crippen molar-refractivity contribution >= 4 is 37.6 Å². The lowest BCUT2D eigenvalue weighted by molar-refractivity contribution is 0.0954. The van der Waals surface area contributed by atoms with Crippen LogP contribution in [-0.2, 0) is 26.5 Å². The average Bonchev–Trinajstić information content (AvgIpc) is 2.73. The van der Waals surface area contributed by atoms with E-state index in [1.807, 2.05) is 6.92 Å². The van der Waals surface area contributed by atoms with E-state index in [0.29, 0.717) is 19.5 Å². The summed E-state index contributed by atoms with van der Waals surface area (Å²) < 4.78 is 50.2. The molecule has 0 radical (unpaired) electrons. The smallest absolute Gasteiger partial charge is 0.251 e. The second-order valence-corrected chi connectivity index (χ2v) is 11.8. The lowest BCUT2D eigenvalue weighted by Gasteiger charge is -2.30. The molecule has 3 rings (SSSR count). The highest BCUT2D eigenvalue weighted by Gasteiger charge is 2.30. The minimum absolute atomic E-state index is 0.0169. The van der Waals surface area contributed by atoms with Gasteiger partial charge in [-0.2, -0.15) is 4.31 Å². The topological polar surface area (TPSA) is 127 Å². The third kappa shape index (κ3) is 5.87. The quantitative estimate of drug-likeness (QED) is 0.604. The molecule has 11 heteroatoms. The fourth-order valence-electron chi connectivity index (χ4n) is 3.61. The molecule has 0 saturated carbocycles. The summed E-state index contributed by atoms with van der Waals surface area (Å²) in [6, 6.07) is 10.3. The number of nitrogens with two attached hydrogens (primary N) is 1. The van der Waals surface area contributed by atoms with Gasteiger partial charge in [0.1, 0.15) is 4.90 Å². The van der Waals surface area contributed by atoms with Crippen molar-refractivity contribution in [1.82, 2.24) is 9.62 Å². The Balaban J connectivity index is 1.67. The summed E-state index contributed by atoms with van der Waals surface area (Å²) in [6.45, 7) is 3.15. The van der Waals surface area contributed by atoms with Crippen molar-refractivity contribution in [2.45, 2.75) is 36.0 Å². The van der Waals surface area contributed by atoms with Crippen molar-refractivity contribution in [1.29, 1.82) is 0 Å². The Morgan fingerprint density at radius 2 is 1.84 bits per heavy atom. The lowest BCUT2D eigenvalue weighted by atomic mass is 10.0. The first-order chi connectivity index (χ1) is 15.0. The van der Waals surface area contributed by atoms with Crippen LogP contribution in [0, 0.1) is 5.92 Å². The van der Waals surface area contributed by atoms with Crippen molar-refractivity contribution in [3.05, 3.63) is 58.6 Å². The molecule has 1 aliphatic rings. The van der Waals surface area contributed by atoms with Crippen LogP contribution in [0.2, 0.25) is 5.02 Å². The van der Waals surface area contributed by atoms with Crippen molar-refractivity contribution in [2.24, 2.45) is 11.1 Å². The van der Waals surface area contributed by atoms with Crippen LogP contribution in [0.4, 0.5) is 0 Å². The maximum atomic E-state index is 13.1. The summed E-state index contributed by atoms with van der Waals surface area (Å²) >= 11 is 6.18. The Labute approximate surface area is 193 Å². The third-order valence-electron chi connectivity index (χ3n) is 5.38. The van der Waals surface area contributed by atoms with E-state index in [1.165, 1.54) is 34.6 Å². The van der Waals surface area contributed by atoms with Gasteiger partial charge in [-0.15, -0.1) is 0 Å².